The van der Waals surface area contributed by atoms with Gasteiger partial charge in [-0.3, -0.25) is 4.79 Å². The first kappa shape index (κ1) is 73.3. The second-order valence-corrected chi connectivity index (χ2v) is 31.1. The molecule has 2 aliphatic heterocycles. The van der Waals surface area contributed by atoms with Crippen LogP contribution in [0.1, 0.15) is 175 Å². The number of carbonyl (C=O) groups is 7. The first-order valence-electron chi connectivity index (χ1n) is 36.6. The molecule has 0 amide bonds. The average molecular weight is 1420 g/mol. The summed E-state index contributed by atoms with van der Waals surface area (Å²) in [5, 5.41) is 0. The van der Waals surface area contributed by atoms with Crippen LogP contribution in [-0.4, -0.2) is 123 Å². The fourth-order valence-corrected chi connectivity index (χ4v) is 18.9. The predicted molar refractivity (Wildman–Crippen MR) is 383 cm³/mol. The van der Waals surface area contributed by atoms with Gasteiger partial charge in [0.1, 0.15) is 6.61 Å². The summed E-state index contributed by atoms with van der Waals surface area (Å²) in [6, 6.07) is 49.8. The minimum absolute atomic E-state index is 0.00235. The van der Waals surface area contributed by atoms with E-state index in [1.165, 1.54) is 17.7 Å². The topological polar surface area (TPSA) is 221 Å². The summed E-state index contributed by atoms with van der Waals surface area (Å²) < 4.78 is 73.6. The molecular formula is C86H94O18. The van der Waals surface area contributed by atoms with E-state index in [1.54, 1.807) is 177 Å². The molecule has 546 valence electrons. The number of hydrogen-bond acceptors (Lipinski definition) is 18. The first-order chi connectivity index (χ1) is 50.0. The van der Waals surface area contributed by atoms with E-state index >= 15 is 0 Å². The largest absolute Gasteiger partial charge is 0.461 e. The van der Waals surface area contributed by atoms with Crippen LogP contribution in [0, 0.1) is 50.2 Å². The van der Waals surface area contributed by atoms with Gasteiger partial charge in [-0.2, -0.15) is 0 Å². The minimum Gasteiger partial charge on any atom is -0.461 e. The maximum Gasteiger partial charge on any atom is 0.338 e. The molecule has 104 heavy (non-hydrogen) atoms. The van der Waals surface area contributed by atoms with Crippen LogP contribution < -0.4 is 0 Å². The third kappa shape index (κ3) is 14.2. The van der Waals surface area contributed by atoms with Crippen LogP contribution in [0.5, 0.6) is 0 Å². The van der Waals surface area contributed by atoms with Gasteiger partial charge in [-0.25, -0.2) is 28.8 Å². The molecule has 6 aromatic carbocycles. The van der Waals surface area contributed by atoms with Crippen molar-refractivity contribution >= 4 is 41.8 Å². The highest BCUT2D eigenvalue weighted by atomic mass is 16.8. The van der Waals surface area contributed by atoms with E-state index in [2.05, 4.69) is 54.2 Å². The Bertz CT molecular complexity index is 4110. The molecule has 0 bridgehead atoms. The monoisotopic (exact) mass is 1410 g/mol. The third-order valence-corrected chi connectivity index (χ3v) is 24.6. The summed E-state index contributed by atoms with van der Waals surface area (Å²) in [6.07, 6.45) is -3.61. The van der Waals surface area contributed by atoms with Crippen molar-refractivity contribution in [3.63, 3.8) is 0 Å². The standard InChI is InChI=1S/C86H94O18/c1-9-50-94-80(93)86-48-46-81(3,4)51-62(86)61-40-41-65-82(5)44-43-66(83(6,53-96-72(87)55-28-16-10-17-29-55)64(82)42-45-85(65,8)84(61,7)47-49-86)99-78-70(68(101-75(90)58-34-22-13-23-35-58)63(52-95-78)98-73(88)56-30-18-11-19-31-56)104-79-71(103-77(92)60-38-26-15-27-39-60)69(102-76(91)59-36-24-14-25-37-59)67(54(2)97-79)100-74(89)57-32-20-12-21-33-57/h9-40,54,62-71,78-79H,1,41-53H2,2-8H3/t54-,62-,63-,64+,65+,66-,67-,68-,69+,70+,71+,78+,79-,82-,83-,84+,85+,86-/m0/s1. The minimum atomic E-state index is -1.82. The summed E-state index contributed by atoms with van der Waals surface area (Å²) in [4.78, 5) is 102. The van der Waals surface area contributed by atoms with Crippen LogP contribution in [0.2, 0.25) is 0 Å². The van der Waals surface area contributed by atoms with Crippen molar-refractivity contribution in [2.45, 2.75) is 174 Å². The van der Waals surface area contributed by atoms with Crippen LogP contribution in [0.15, 0.2) is 206 Å². The molecule has 0 unspecified atom stereocenters. The zero-order chi connectivity index (χ0) is 73.2. The summed E-state index contributed by atoms with van der Waals surface area (Å²) in [7, 11) is 0. The molecule has 5 aliphatic carbocycles. The molecule has 0 spiro atoms. The first-order valence-corrected chi connectivity index (χ1v) is 36.6. The van der Waals surface area contributed by atoms with E-state index in [0.29, 0.717) is 31.2 Å². The summed E-state index contributed by atoms with van der Waals surface area (Å²) >= 11 is 0. The second-order valence-electron chi connectivity index (χ2n) is 31.1. The molecule has 18 nitrogen and oxygen atoms in total. The lowest BCUT2D eigenvalue weighted by Crippen LogP contribution is -2.67. The molecule has 7 aliphatic rings. The molecule has 2 saturated heterocycles. The molecule has 0 radical (unpaired) electrons. The maximum absolute atomic E-state index is 15.0. The lowest BCUT2D eigenvalue weighted by atomic mass is 9.33. The van der Waals surface area contributed by atoms with E-state index in [4.69, 9.17) is 52.1 Å². The summed E-state index contributed by atoms with van der Waals surface area (Å²) in [5.74, 6) is -4.90. The van der Waals surface area contributed by atoms with Gasteiger partial charge in [0.2, 0.25) is 0 Å². The lowest BCUT2D eigenvalue weighted by Gasteiger charge is -2.71. The van der Waals surface area contributed by atoms with Crippen LogP contribution in [-0.2, 0) is 56.9 Å². The molecule has 13 rings (SSSR count). The van der Waals surface area contributed by atoms with Crippen LogP contribution >= 0.6 is 0 Å². The lowest BCUT2D eigenvalue weighted by molar-refractivity contribution is -0.363. The molecule has 18 heteroatoms. The molecule has 4 saturated carbocycles. The summed E-state index contributed by atoms with van der Waals surface area (Å²) in [6.45, 7) is 19.2. The number of benzene rings is 6. The Hall–Kier alpha value is -9.07. The van der Waals surface area contributed by atoms with Crippen molar-refractivity contribution in [1.82, 2.24) is 0 Å². The van der Waals surface area contributed by atoms with Crippen LogP contribution in [0.4, 0.5) is 0 Å². The Balaban J connectivity index is 0.912. The maximum atomic E-state index is 15.0. The van der Waals surface area contributed by atoms with Crippen molar-refractivity contribution in [2.24, 2.45) is 50.2 Å². The van der Waals surface area contributed by atoms with Crippen molar-refractivity contribution in [2.75, 3.05) is 19.8 Å². The fraction of sp³-hybridized carbons (Fsp3) is 0.453. The Labute approximate surface area is 608 Å². The van der Waals surface area contributed by atoms with E-state index in [1.807, 2.05) is 6.07 Å². The molecule has 6 fully saturated rings. The second kappa shape index (κ2) is 30.2. The summed E-state index contributed by atoms with van der Waals surface area (Å²) in [5.41, 5.74) is -0.136. The highest BCUT2D eigenvalue weighted by molar-refractivity contribution is 5.92. The van der Waals surface area contributed by atoms with Crippen molar-refractivity contribution in [3.8, 4) is 0 Å². The van der Waals surface area contributed by atoms with Gasteiger partial charge in [0.15, 0.2) is 49.2 Å². The molecule has 0 aromatic heterocycles. The van der Waals surface area contributed by atoms with Gasteiger partial charge in [0, 0.05) is 5.41 Å². The molecule has 18 atom stereocenters. The number of rotatable bonds is 20. The van der Waals surface area contributed by atoms with E-state index < -0.39 is 120 Å². The number of hydrogen-bond donors (Lipinski definition) is 0. The molecule has 6 aromatic rings. The van der Waals surface area contributed by atoms with Gasteiger partial charge in [-0.1, -0.05) is 175 Å². The van der Waals surface area contributed by atoms with E-state index in [0.717, 1.165) is 38.5 Å². The highest BCUT2D eigenvalue weighted by Crippen LogP contribution is 2.76. The zero-order valence-corrected chi connectivity index (χ0v) is 60.2. The van der Waals surface area contributed by atoms with E-state index in [9.17, 15) is 33.6 Å². The van der Waals surface area contributed by atoms with Gasteiger partial charge >= 0.3 is 41.8 Å². The number of carbonyl (C=O) groups excluding carboxylic acids is 7. The molecule has 2 heterocycles. The quantitative estimate of drug-likeness (QED) is 0.0300. The van der Waals surface area contributed by atoms with Gasteiger partial charge in [-0.05, 0) is 183 Å². The van der Waals surface area contributed by atoms with Gasteiger partial charge < -0.3 is 52.1 Å². The average Bonchev–Trinajstić information content (AvgIpc) is 0.674. The Morgan fingerprint density at radius 2 is 0.952 bits per heavy atom. The van der Waals surface area contributed by atoms with Crippen molar-refractivity contribution < 1.29 is 85.7 Å². The Morgan fingerprint density at radius 1 is 0.481 bits per heavy atom. The SMILES string of the molecule is C=CCOC(=O)[C@]12CCC(C)(C)C[C@H]1C1=CC[C@@H]3[C@@]4(C)CC[C@H](O[C@H]5OC[C@H](OC(=O)c6ccccc6)[C@H](OC(=O)c6ccccc6)[C@H]5O[C@@H]5O[C@@H](C)[C@H](OC(=O)c6ccccc6)[C@@H](OC(=O)c6ccccc6)[C@H]5OC(=O)c5ccccc5)[C@@](C)(COC(=O)c5ccccc5)[C@@H]4CC[C@@]3(C)[C@]1(C)CC2. The number of fused-ring (bicyclic) bond motifs is 7. The van der Waals surface area contributed by atoms with Crippen LogP contribution in [0.25, 0.3) is 0 Å². The Kier molecular flexibility index (Phi) is 21.3. The third-order valence-electron chi connectivity index (χ3n) is 24.6. The Morgan fingerprint density at radius 3 is 1.47 bits per heavy atom. The number of esters is 7. The number of allylic oxidation sites excluding steroid dienone is 2. The number of ether oxygens (including phenoxy) is 11. The van der Waals surface area contributed by atoms with Gasteiger partial charge in [0.25, 0.3) is 0 Å². The predicted octanol–water partition coefficient (Wildman–Crippen LogP) is 15.4. The molecular weight excluding hydrogens is 1320 g/mol. The van der Waals surface area contributed by atoms with Gasteiger partial charge in [-0.15, -0.1) is 0 Å². The van der Waals surface area contributed by atoms with Gasteiger partial charge in [0.05, 0.1) is 64.2 Å². The molecule has 0 N–H and O–H groups in total. The highest BCUT2D eigenvalue weighted by Gasteiger charge is 2.71. The van der Waals surface area contributed by atoms with E-state index in [-0.39, 0.29) is 81.0 Å². The smallest absolute Gasteiger partial charge is 0.338 e. The van der Waals surface area contributed by atoms with Crippen LogP contribution in [0.3, 0.4) is 0 Å². The zero-order valence-electron chi connectivity index (χ0n) is 60.2. The van der Waals surface area contributed by atoms with Crippen molar-refractivity contribution in [1.29, 1.82) is 0 Å². The normalized spacial score (nSPS) is 33.1. The fourth-order valence-electron chi connectivity index (χ4n) is 18.9. The van der Waals surface area contributed by atoms with Crippen molar-refractivity contribution in [3.05, 3.63) is 240 Å².